The first kappa shape index (κ1) is 12.4. The highest BCUT2D eigenvalue weighted by Gasteiger charge is 2.28. The lowest BCUT2D eigenvalue weighted by molar-refractivity contribution is -0.0617. The zero-order valence-corrected chi connectivity index (χ0v) is 9.66. The molecular weight excluding hydrogens is 223 g/mol. The van der Waals surface area contributed by atoms with Gasteiger partial charge in [-0.25, -0.2) is 4.39 Å². The summed E-state index contributed by atoms with van der Waals surface area (Å²) in [5, 5.41) is 13.3. The number of rotatable bonds is 4. The molecule has 1 fully saturated rings. The van der Waals surface area contributed by atoms with Gasteiger partial charge in [-0.2, -0.15) is 0 Å². The van der Waals surface area contributed by atoms with Crippen LogP contribution in [0.2, 0.25) is 0 Å². The van der Waals surface area contributed by atoms with Crippen LogP contribution in [0.4, 0.5) is 4.39 Å². The summed E-state index contributed by atoms with van der Waals surface area (Å²) >= 11 is 0. The van der Waals surface area contributed by atoms with Gasteiger partial charge in [0, 0.05) is 45.3 Å². The summed E-state index contributed by atoms with van der Waals surface area (Å²) < 4.78 is 18.1. The zero-order chi connectivity index (χ0) is 12.1. The molecule has 5 heteroatoms. The number of hydrogen-bond donors (Lipinski definition) is 2. The Morgan fingerprint density at radius 2 is 2.18 bits per heavy atom. The molecule has 0 unspecified atom stereocenters. The fraction of sp³-hybridized carbons (Fsp3) is 0.583. The van der Waals surface area contributed by atoms with Crippen molar-refractivity contribution in [2.75, 3.05) is 19.8 Å². The van der Waals surface area contributed by atoms with Gasteiger partial charge in [0.05, 0.1) is 11.8 Å². The molecule has 0 bridgehead atoms. The van der Waals surface area contributed by atoms with Crippen LogP contribution in [0.15, 0.2) is 18.5 Å². The Balaban J connectivity index is 1.79. The third-order valence-corrected chi connectivity index (χ3v) is 2.97. The van der Waals surface area contributed by atoms with E-state index < -0.39 is 5.60 Å². The average molecular weight is 240 g/mol. The average Bonchev–Trinajstić information content (AvgIpc) is 2.30. The second kappa shape index (κ2) is 5.53. The molecule has 2 heterocycles. The molecule has 0 saturated carbocycles. The minimum absolute atomic E-state index is 0.339. The van der Waals surface area contributed by atoms with Crippen LogP contribution in [0, 0.1) is 5.82 Å². The normalized spacial score (nSPS) is 19.2. The number of nitrogens with zero attached hydrogens (tertiary/aromatic N) is 1. The minimum atomic E-state index is -0.695. The highest BCUT2D eigenvalue weighted by atomic mass is 19.1. The van der Waals surface area contributed by atoms with Crippen LogP contribution in [0.3, 0.4) is 0 Å². The Morgan fingerprint density at radius 1 is 1.41 bits per heavy atom. The van der Waals surface area contributed by atoms with E-state index in [-0.39, 0.29) is 5.82 Å². The fourth-order valence-electron chi connectivity index (χ4n) is 1.92. The van der Waals surface area contributed by atoms with Gasteiger partial charge in [-0.15, -0.1) is 0 Å². The monoisotopic (exact) mass is 240 g/mol. The number of halogens is 1. The number of aliphatic hydroxyl groups is 1. The number of pyridine rings is 1. The molecule has 0 aromatic carbocycles. The van der Waals surface area contributed by atoms with Crippen molar-refractivity contribution in [2.45, 2.75) is 25.0 Å². The molecule has 4 nitrogen and oxygen atoms in total. The maximum Gasteiger partial charge on any atom is 0.141 e. The van der Waals surface area contributed by atoms with Gasteiger partial charge >= 0.3 is 0 Å². The first-order valence-corrected chi connectivity index (χ1v) is 5.78. The quantitative estimate of drug-likeness (QED) is 0.819. The van der Waals surface area contributed by atoms with E-state index in [4.69, 9.17) is 4.74 Å². The van der Waals surface area contributed by atoms with Crippen LogP contribution < -0.4 is 5.32 Å². The molecule has 1 aromatic heterocycles. The highest BCUT2D eigenvalue weighted by molar-refractivity contribution is 5.09. The summed E-state index contributed by atoms with van der Waals surface area (Å²) in [6.07, 6.45) is 4.07. The summed E-state index contributed by atoms with van der Waals surface area (Å²) in [6.45, 7) is 2.19. The Morgan fingerprint density at radius 3 is 2.88 bits per heavy atom. The van der Waals surface area contributed by atoms with Crippen molar-refractivity contribution in [3.05, 3.63) is 29.8 Å². The molecule has 94 valence electrons. The standard InChI is InChI=1S/C12H17FN2O2/c13-11-5-10(6-14-8-11)7-15-9-12(16)1-3-17-4-2-12/h5-6,8,15-16H,1-4,7,9H2. The van der Waals surface area contributed by atoms with Crippen molar-refractivity contribution in [1.29, 1.82) is 0 Å². The predicted molar refractivity (Wildman–Crippen MR) is 60.9 cm³/mol. The van der Waals surface area contributed by atoms with E-state index in [1.165, 1.54) is 12.3 Å². The first-order chi connectivity index (χ1) is 8.18. The van der Waals surface area contributed by atoms with Gasteiger partial charge in [-0.3, -0.25) is 4.98 Å². The molecule has 2 N–H and O–H groups in total. The van der Waals surface area contributed by atoms with Crippen molar-refractivity contribution in [3.63, 3.8) is 0 Å². The van der Waals surface area contributed by atoms with Crippen LogP contribution >= 0.6 is 0 Å². The summed E-state index contributed by atoms with van der Waals surface area (Å²) in [6, 6.07) is 1.44. The molecule has 0 spiro atoms. The molecule has 1 aliphatic heterocycles. The predicted octanol–water partition coefficient (Wildman–Crippen LogP) is 0.852. The van der Waals surface area contributed by atoms with E-state index in [9.17, 15) is 9.50 Å². The smallest absolute Gasteiger partial charge is 0.141 e. The van der Waals surface area contributed by atoms with Crippen molar-refractivity contribution in [3.8, 4) is 0 Å². The van der Waals surface area contributed by atoms with Crippen molar-refractivity contribution in [1.82, 2.24) is 10.3 Å². The third-order valence-electron chi connectivity index (χ3n) is 2.97. The van der Waals surface area contributed by atoms with Gasteiger partial charge in [-0.1, -0.05) is 0 Å². The minimum Gasteiger partial charge on any atom is -0.388 e. The maximum absolute atomic E-state index is 12.9. The summed E-state index contributed by atoms with van der Waals surface area (Å²) in [5.41, 5.74) is 0.0830. The molecule has 17 heavy (non-hydrogen) atoms. The third kappa shape index (κ3) is 3.73. The number of ether oxygens (including phenoxy) is 1. The molecule has 1 saturated heterocycles. The molecular formula is C12H17FN2O2. The summed E-state index contributed by atoms with van der Waals surface area (Å²) in [4.78, 5) is 3.77. The van der Waals surface area contributed by atoms with Crippen molar-refractivity contribution in [2.24, 2.45) is 0 Å². The van der Waals surface area contributed by atoms with Crippen LogP contribution in [0.25, 0.3) is 0 Å². The van der Waals surface area contributed by atoms with E-state index in [0.717, 1.165) is 5.56 Å². The van der Waals surface area contributed by atoms with Crippen LogP contribution in [0.1, 0.15) is 18.4 Å². The SMILES string of the molecule is OC1(CNCc2cncc(F)c2)CCOCC1. The Labute approximate surface area is 99.8 Å². The number of hydrogen-bond acceptors (Lipinski definition) is 4. The van der Waals surface area contributed by atoms with E-state index in [1.54, 1.807) is 6.20 Å². The molecule has 0 radical (unpaired) electrons. The molecule has 0 amide bonds. The Kier molecular flexibility index (Phi) is 4.04. The van der Waals surface area contributed by atoms with Crippen molar-refractivity contribution >= 4 is 0 Å². The highest BCUT2D eigenvalue weighted by Crippen LogP contribution is 2.19. The molecule has 0 atom stereocenters. The second-order valence-electron chi connectivity index (χ2n) is 4.45. The lowest BCUT2D eigenvalue weighted by atomic mass is 9.94. The van der Waals surface area contributed by atoms with Gasteiger partial charge in [0.1, 0.15) is 5.82 Å². The largest absolute Gasteiger partial charge is 0.388 e. The van der Waals surface area contributed by atoms with Crippen LogP contribution in [0.5, 0.6) is 0 Å². The molecule has 2 rings (SSSR count). The Hall–Kier alpha value is -1.04. The van der Waals surface area contributed by atoms with Gasteiger partial charge in [-0.05, 0) is 11.6 Å². The van der Waals surface area contributed by atoms with Gasteiger partial charge in [0.15, 0.2) is 0 Å². The molecule has 1 aliphatic rings. The zero-order valence-electron chi connectivity index (χ0n) is 9.66. The lowest BCUT2D eigenvalue weighted by Gasteiger charge is -2.32. The van der Waals surface area contributed by atoms with Gasteiger partial charge in [0.25, 0.3) is 0 Å². The van der Waals surface area contributed by atoms with E-state index >= 15 is 0 Å². The van der Waals surface area contributed by atoms with E-state index in [2.05, 4.69) is 10.3 Å². The summed E-state index contributed by atoms with van der Waals surface area (Å²) in [7, 11) is 0. The summed E-state index contributed by atoms with van der Waals surface area (Å²) in [5.74, 6) is -0.339. The second-order valence-corrected chi connectivity index (χ2v) is 4.45. The van der Waals surface area contributed by atoms with Crippen LogP contribution in [-0.2, 0) is 11.3 Å². The van der Waals surface area contributed by atoms with Gasteiger partial charge in [0.2, 0.25) is 0 Å². The van der Waals surface area contributed by atoms with E-state index in [1.807, 2.05) is 0 Å². The lowest BCUT2D eigenvalue weighted by Crippen LogP contribution is -2.44. The van der Waals surface area contributed by atoms with Crippen LogP contribution in [-0.4, -0.2) is 35.5 Å². The Bertz CT molecular complexity index is 367. The van der Waals surface area contributed by atoms with Crippen molar-refractivity contribution < 1.29 is 14.2 Å². The number of aromatic nitrogens is 1. The maximum atomic E-state index is 12.9. The fourth-order valence-corrected chi connectivity index (χ4v) is 1.92. The van der Waals surface area contributed by atoms with E-state index in [0.29, 0.717) is 39.1 Å². The first-order valence-electron chi connectivity index (χ1n) is 5.78. The van der Waals surface area contributed by atoms with Gasteiger partial charge < -0.3 is 15.2 Å². The topological polar surface area (TPSA) is 54.4 Å². The molecule has 0 aliphatic carbocycles. The number of nitrogens with one attached hydrogen (secondary N) is 1. The molecule has 1 aromatic rings.